The highest BCUT2D eigenvalue weighted by Gasteiger charge is 2.14. The van der Waals surface area contributed by atoms with E-state index in [-0.39, 0.29) is 5.78 Å². The summed E-state index contributed by atoms with van der Waals surface area (Å²) < 4.78 is 2.11. The fraction of sp³-hybridized carbons (Fsp3) is 0.312. The molecule has 0 bridgehead atoms. The van der Waals surface area contributed by atoms with E-state index in [9.17, 15) is 4.79 Å². The maximum absolute atomic E-state index is 12.2. The van der Waals surface area contributed by atoms with E-state index in [4.69, 9.17) is 0 Å². The first kappa shape index (κ1) is 13.9. The van der Waals surface area contributed by atoms with Crippen LogP contribution in [-0.2, 0) is 24.2 Å². The molecule has 108 valence electrons. The molecule has 0 unspecified atom stereocenters. The molecule has 3 aromatic rings. The number of benzene rings is 1. The van der Waals surface area contributed by atoms with Crippen LogP contribution in [0.4, 0.5) is 0 Å². The van der Waals surface area contributed by atoms with Gasteiger partial charge in [-0.15, -0.1) is 11.3 Å². The molecule has 0 radical (unpaired) electrons. The normalized spacial score (nSPS) is 11.1. The van der Waals surface area contributed by atoms with Crippen LogP contribution in [0, 0.1) is 6.92 Å². The molecule has 0 atom stereocenters. The summed E-state index contributed by atoms with van der Waals surface area (Å²) in [6.45, 7) is 4.84. The number of para-hydroxylation sites is 2. The summed E-state index contributed by atoms with van der Waals surface area (Å²) in [4.78, 5) is 21.2. The van der Waals surface area contributed by atoms with Gasteiger partial charge in [0, 0.05) is 17.6 Å². The van der Waals surface area contributed by atoms with Crippen molar-refractivity contribution >= 4 is 28.2 Å². The fourth-order valence-corrected chi connectivity index (χ4v) is 3.30. The Labute approximate surface area is 127 Å². The molecule has 0 saturated heterocycles. The van der Waals surface area contributed by atoms with Crippen LogP contribution >= 0.6 is 11.3 Å². The average Bonchev–Trinajstić information content (AvgIpc) is 3.01. The first-order valence-electron chi connectivity index (χ1n) is 7.04. The highest BCUT2D eigenvalue weighted by molar-refractivity contribution is 7.09. The van der Waals surface area contributed by atoms with Crippen molar-refractivity contribution in [3.63, 3.8) is 0 Å². The quantitative estimate of drug-likeness (QED) is 0.727. The van der Waals surface area contributed by atoms with Gasteiger partial charge in [0.25, 0.3) is 0 Å². The summed E-state index contributed by atoms with van der Waals surface area (Å²) in [7, 11) is 0. The lowest BCUT2D eigenvalue weighted by molar-refractivity contribution is -0.117. The maximum Gasteiger partial charge on any atom is 0.147 e. The Balaban J connectivity index is 1.82. The first-order valence-corrected chi connectivity index (χ1v) is 7.92. The molecule has 0 amide bonds. The molecule has 0 fully saturated rings. The van der Waals surface area contributed by atoms with E-state index in [1.165, 1.54) is 0 Å². The van der Waals surface area contributed by atoms with Crippen molar-refractivity contribution < 1.29 is 4.79 Å². The summed E-state index contributed by atoms with van der Waals surface area (Å²) >= 11 is 1.54. The van der Waals surface area contributed by atoms with Gasteiger partial charge in [0.15, 0.2) is 0 Å². The zero-order valence-corrected chi connectivity index (χ0v) is 13.0. The number of hydrogen-bond donors (Lipinski definition) is 0. The number of fused-ring (bicyclic) bond motifs is 1. The van der Waals surface area contributed by atoms with Crippen LogP contribution in [0.25, 0.3) is 11.0 Å². The van der Waals surface area contributed by atoms with Gasteiger partial charge in [-0.25, -0.2) is 9.97 Å². The molecule has 21 heavy (non-hydrogen) atoms. The third kappa shape index (κ3) is 2.88. The van der Waals surface area contributed by atoms with Crippen LogP contribution < -0.4 is 0 Å². The van der Waals surface area contributed by atoms with Crippen molar-refractivity contribution in [1.82, 2.24) is 14.5 Å². The van der Waals surface area contributed by atoms with E-state index in [1.807, 2.05) is 36.6 Å². The number of aromatic nitrogens is 3. The van der Waals surface area contributed by atoms with E-state index >= 15 is 0 Å². The molecule has 0 spiro atoms. The minimum atomic E-state index is 0.161. The van der Waals surface area contributed by atoms with Crippen LogP contribution in [0.1, 0.15) is 23.4 Å². The third-order valence-corrected chi connectivity index (χ3v) is 4.39. The van der Waals surface area contributed by atoms with E-state index in [0.717, 1.165) is 34.1 Å². The second-order valence-electron chi connectivity index (χ2n) is 5.04. The predicted octanol–water partition coefficient (Wildman–Crippen LogP) is 3.18. The lowest BCUT2D eigenvalue weighted by atomic mass is 10.2. The van der Waals surface area contributed by atoms with Crippen molar-refractivity contribution in [2.45, 2.75) is 33.2 Å². The van der Waals surface area contributed by atoms with Crippen LogP contribution in [0.3, 0.4) is 0 Å². The number of carbonyl (C=O) groups is 1. The molecular formula is C16H17N3OS. The van der Waals surface area contributed by atoms with Crippen LogP contribution in [0.5, 0.6) is 0 Å². The van der Waals surface area contributed by atoms with Crippen molar-refractivity contribution in [3.05, 3.63) is 46.2 Å². The molecule has 1 aromatic carbocycles. The summed E-state index contributed by atoms with van der Waals surface area (Å²) in [6.07, 6.45) is 0.757. The van der Waals surface area contributed by atoms with Gasteiger partial charge in [-0.2, -0.15) is 0 Å². The maximum atomic E-state index is 12.2. The molecule has 0 N–H and O–H groups in total. The monoisotopic (exact) mass is 299 g/mol. The summed E-state index contributed by atoms with van der Waals surface area (Å²) in [5.74, 6) is 1.01. The Morgan fingerprint density at radius 1 is 1.24 bits per heavy atom. The lowest BCUT2D eigenvalue weighted by Gasteiger charge is -2.04. The van der Waals surface area contributed by atoms with Gasteiger partial charge < -0.3 is 4.57 Å². The Hall–Kier alpha value is -2.01. The molecule has 2 heterocycles. The molecule has 2 aromatic heterocycles. The van der Waals surface area contributed by atoms with Gasteiger partial charge in [0.05, 0.1) is 23.9 Å². The van der Waals surface area contributed by atoms with Gasteiger partial charge in [0.2, 0.25) is 0 Å². The number of rotatable bonds is 5. The Morgan fingerprint density at radius 3 is 2.76 bits per heavy atom. The highest BCUT2D eigenvalue weighted by atomic mass is 32.1. The molecule has 5 heteroatoms. The minimum Gasteiger partial charge on any atom is -0.328 e. The zero-order chi connectivity index (χ0) is 14.8. The predicted molar refractivity (Wildman–Crippen MR) is 84.7 cm³/mol. The summed E-state index contributed by atoms with van der Waals surface area (Å²) in [5.41, 5.74) is 3.02. The van der Waals surface area contributed by atoms with Crippen molar-refractivity contribution in [3.8, 4) is 0 Å². The Kier molecular flexibility index (Phi) is 3.84. The lowest BCUT2D eigenvalue weighted by Crippen LogP contribution is -2.11. The van der Waals surface area contributed by atoms with E-state index in [1.54, 1.807) is 11.3 Å². The number of ketones is 1. The zero-order valence-electron chi connectivity index (χ0n) is 12.2. The van der Waals surface area contributed by atoms with E-state index < -0.39 is 0 Å². The summed E-state index contributed by atoms with van der Waals surface area (Å²) in [6, 6.07) is 8.00. The standard InChI is InChI=1S/C16H17N3OS/c1-3-19-14-7-5-4-6-13(14)18-15(19)8-12(20)9-16-17-11(2)10-21-16/h4-7,10H,3,8-9H2,1-2H3. The number of Topliss-reactive ketones (excluding diaryl/α,β-unsaturated/α-hetero) is 1. The van der Waals surface area contributed by atoms with Crippen LogP contribution in [-0.4, -0.2) is 20.3 Å². The van der Waals surface area contributed by atoms with Crippen molar-refractivity contribution in [2.75, 3.05) is 0 Å². The minimum absolute atomic E-state index is 0.161. The number of carbonyl (C=O) groups excluding carboxylic acids is 1. The average molecular weight is 299 g/mol. The third-order valence-electron chi connectivity index (χ3n) is 3.42. The van der Waals surface area contributed by atoms with Gasteiger partial charge in [-0.1, -0.05) is 12.1 Å². The van der Waals surface area contributed by atoms with E-state index in [0.29, 0.717) is 12.8 Å². The smallest absolute Gasteiger partial charge is 0.147 e. The molecular weight excluding hydrogens is 282 g/mol. The molecule has 4 nitrogen and oxygen atoms in total. The Morgan fingerprint density at radius 2 is 2.05 bits per heavy atom. The van der Waals surface area contributed by atoms with Gasteiger partial charge in [-0.3, -0.25) is 4.79 Å². The van der Waals surface area contributed by atoms with Crippen molar-refractivity contribution in [2.24, 2.45) is 0 Å². The molecule has 0 aliphatic carbocycles. The van der Waals surface area contributed by atoms with Crippen molar-refractivity contribution in [1.29, 1.82) is 0 Å². The SMILES string of the molecule is CCn1c(CC(=O)Cc2nc(C)cs2)nc2ccccc21. The van der Waals surface area contributed by atoms with Gasteiger partial charge in [-0.05, 0) is 26.0 Å². The van der Waals surface area contributed by atoms with Gasteiger partial charge in [0.1, 0.15) is 16.6 Å². The number of imidazole rings is 1. The van der Waals surface area contributed by atoms with Gasteiger partial charge >= 0.3 is 0 Å². The molecule has 0 aliphatic heterocycles. The number of thiazole rings is 1. The number of nitrogens with zero attached hydrogens (tertiary/aromatic N) is 3. The van der Waals surface area contributed by atoms with E-state index in [2.05, 4.69) is 21.5 Å². The largest absolute Gasteiger partial charge is 0.328 e. The highest BCUT2D eigenvalue weighted by Crippen LogP contribution is 2.17. The second kappa shape index (κ2) is 5.77. The fourth-order valence-electron chi connectivity index (χ4n) is 2.50. The number of aryl methyl sites for hydroxylation is 2. The molecule has 0 aliphatic rings. The van der Waals surface area contributed by atoms with Crippen LogP contribution in [0.2, 0.25) is 0 Å². The topological polar surface area (TPSA) is 47.8 Å². The molecule has 0 saturated carbocycles. The Bertz CT molecular complexity index is 788. The molecule has 3 rings (SSSR count). The first-order chi connectivity index (χ1) is 10.2. The second-order valence-corrected chi connectivity index (χ2v) is 5.98. The number of hydrogen-bond acceptors (Lipinski definition) is 4. The van der Waals surface area contributed by atoms with Crippen LogP contribution in [0.15, 0.2) is 29.6 Å². The summed E-state index contributed by atoms with van der Waals surface area (Å²) in [5, 5.41) is 2.86.